The Balaban J connectivity index is 0.00000280. The Morgan fingerprint density at radius 2 is 1.93 bits per heavy atom. The Kier molecular flexibility index (Phi) is 8.19. The Hall–Kier alpha value is -0.830. The normalized spacial score (nSPS) is 27.0. The molecule has 160 valence electrons. The lowest BCUT2D eigenvalue weighted by Crippen LogP contribution is -2.57. The SMILES string of the molecule is CN=C(NCC(C)(C)N1CC(C)CC(C)C1)N1CCC(c2cnn(C)c2)C1.I. The van der Waals surface area contributed by atoms with E-state index in [1.54, 1.807) is 0 Å². The summed E-state index contributed by atoms with van der Waals surface area (Å²) in [5.74, 6) is 3.15. The molecule has 1 aromatic rings. The van der Waals surface area contributed by atoms with Gasteiger partial charge in [-0.25, -0.2) is 0 Å². The van der Waals surface area contributed by atoms with Crippen molar-refractivity contribution in [2.75, 3.05) is 39.8 Å². The van der Waals surface area contributed by atoms with Crippen molar-refractivity contribution in [3.63, 3.8) is 0 Å². The smallest absolute Gasteiger partial charge is 0.193 e. The third-order valence-corrected chi connectivity index (χ3v) is 6.30. The van der Waals surface area contributed by atoms with Gasteiger partial charge < -0.3 is 10.2 Å². The van der Waals surface area contributed by atoms with Crippen LogP contribution in [0.25, 0.3) is 0 Å². The fourth-order valence-electron chi connectivity index (χ4n) is 4.77. The third kappa shape index (κ3) is 5.62. The predicted molar refractivity (Wildman–Crippen MR) is 128 cm³/mol. The van der Waals surface area contributed by atoms with Gasteiger partial charge in [0, 0.05) is 64.5 Å². The molecular formula is C21H39IN6. The minimum absolute atomic E-state index is 0. The topological polar surface area (TPSA) is 48.7 Å². The molecule has 0 bridgehead atoms. The zero-order valence-corrected chi connectivity index (χ0v) is 20.8. The first-order chi connectivity index (χ1) is 12.8. The van der Waals surface area contributed by atoms with E-state index in [1.807, 2.05) is 25.0 Å². The zero-order chi connectivity index (χ0) is 19.6. The summed E-state index contributed by atoms with van der Waals surface area (Å²) in [6.45, 7) is 14.9. The Morgan fingerprint density at radius 1 is 1.25 bits per heavy atom. The average Bonchev–Trinajstić information content (AvgIpc) is 3.24. The van der Waals surface area contributed by atoms with Crippen molar-refractivity contribution in [1.29, 1.82) is 0 Å². The van der Waals surface area contributed by atoms with Gasteiger partial charge in [0.15, 0.2) is 5.96 Å². The number of piperidine rings is 1. The fraction of sp³-hybridized carbons (Fsp3) is 0.810. The number of aryl methyl sites for hydroxylation is 1. The summed E-state index contributed by atoms with van der Waals surface area (Å²) in [4.78, 5) is 9.63. The largest absolute Gasteiger partial charge is 0.354 e. The first-order valence-electron chi connectivity index (χ1n) is 10.5. The molecule has 0 aromatic carbocycles. The minimum atomic E-state index is 0. The van der Waals surface area contributed by atoms with Crippen molar-refractivity contribution in [3.8, 4) is 0 Å². The van der Waals surface area contributed by atoms with Gasteiger partial charge in [-0.1, -0.05) is 13.8 Å². The summed E-state index contributed by atoms with van der Waals surface area (Å²) in [7, 11) is 3.89. The van der Waals surface area contributed by atoms with Crippen LogP contribution in [-0.2, 0) is 7.05 Å². The van der Waals surface area contributed by atoms with E-state index in [2.05, 4.69) is 59.1 Å². The molecule has 0 spiro atoms. The highest BCUT2D eigenvalue weighted by molar-refractivity contribution is 14.0. The monoisotopic (exact) mass is 502 g/mol. The van der Waals surface area contributed by atoms with Crippen molar-refractivity contribution in [1.82, 2.24) is 24.9 Å². The Morgan fingerprint density at radius 3 is 2.50 bits per heavy atom. The second-order valence-corrected chi connectivity index (χ2v) is 9.44. The molecule has 3 heterocycles. The number of guanidine groups is 1. The van der Waals surface area contributed by atoms with Crippen molar-refractivity contribution < 1.29 is 0 Å². The zero-order valence-electron chi connectivity index (χ0n) is 18.5. The first kappa shape index (κ1) is 23.4. The van der Waals surface area contributed by atoms with Crippen LogP contribution in [0, 0.1) is 11.8 Å². The average molecular weight is 502 g/mol. The van der Waals surface area contributed by atoms with Gasteiger partial charge in [0.05, 0.1) is 6.20 Å². The van der Waals surface area contributed by atoms with Crippen LogP contribution in [0.3, 0.4) is 0 Å². The third-order valence-electron chi connectivity index (χ3n) is 6.30. The molecule has 2 aliphatic heterocycles. The predicted octanol–water partition coefficient (Wildman–Crippen LogP) is 3.16. The second-order valence-electron chi connectivity index (χ2n) is 9.44. The number of aliphatic imine (C=N–C) groups is 1. The van der Waals surface area contributed by atoms with Crippen LogP contribution >= 0.6 is 24.0 Å². The fourth-order valence-corrected chi connectivity index (χ4v) is 4.77. The molecule has 1 aromatic heterocycles. The van der Waals surface area contributed by atoms with E-state index >= 15 is 0 Å². The Labute approximate surface area is 188 Å². The lowest BCUT2D eigenvalue weighted by molar-refractivity contribution is 0.0480. The molecule has 2 fully saturated rings. The minimum Gasteiger partial charge on any atom is -0.354 e. The number of hydrogen-bond donors (Lipinski definition) is 1. The van der Waals surface area contributed by atoms with E-state index in [0.29, 0.717) is 5.92 Å². The van der Waals surface area contributed by atoms with E-state index in [1.165, 1.54) is 25.1 Å². The molecule has 6 nitrogen and oxygen atoms in total. The molecule has 3 unspecified atom stereocenters. The van der Waals surface area contributed by atoms with Gasteiger partial charge in [-0.05, 0) is 44.1 Å². The number of nitrogens with one attached hydrogen (secondary N) is 1. The van der Waals surface area contributed by atoms with Gasteiger partial charge in [-0.3, -0.25) is 14.6 Å². The highest BCUT2D eigenvalue weighted by Crippen LogP contribution is 2.28. The van der Waals surface area contributed by atoms with Gasteiger partial charge in [-0.15, -0.1) is 24.0 Å². The summed E-state index contributed by atoms with van der Waals surface area (Å²) in [6, 6.07) is 0. The van der Waals surface area contributed by atoms with E-state index in [9.17, 15) is 0 Å². The molecule has 28 heavy (non-hydrogen) atoms. The van der Waals surface area contributed by atoms with Crippen molar-refractivity contribution in [2.24, 2.45) is 23.9 Å². The van der Waals surface area contributed by atoms with Crippen molar-refractivity contribution in [2.45, 2.75) is 52.0 Å². The van der Waals surface area contributed by atoms with Gasteiger partial charge in [0.2, 0.25) is 0 Å². The molecule has 7 heteroatoms. The number of hydrogen-bond acceptors (Lipinski definition) is 3. The number of likely N-dealkylation sites (tertiary alicyclic amines) is 2. The van der Waals surface area contributed by atoms with E-state index in [4.69, 9.17) is 0 Å². The highest BCUT2D eigenvalue weighted by Gasteiger charge is 2.34. The standard InChI is InChI=1S/C21H38N6.HI/c1-16-9-17(2)12-27(11-16)21(3,4)15-23-20(22-5)26-8-7-18(14-26)19-10-24-25(6)13-19;/h10,13,16-18H,7-9,11-12,14-15H2,1-6H3,(H,22,23);1H. The van der Waals surface area contributed by atoms with E-state index in [0.717, 1.165) is 43.9 Å². The van der Waals surface area contributed by atoms with Gasteiger partial charge in [-0.2, -0.15) is 5.10 Å². The van der Waals surface area contributed by atoms with Gasteiger partial charge >= 0.3 is 0 Å². The van der Waals surface area contributed by atoms with Crippen LogP contribution in [0.4, 0.5) is 0 Å². The molecule has 0 amide bonds. The molecule has 0 radical (unpaired) electrons. The number of aromatic nitrogens is 2. The molecule has 0 saturated carbocycles. The van der Waals surface area contributed by atoms with Crippen molar-refractivity contribution in [3.05, 3.63) is 18.0 Å². The Bertz CT molecular complexity index is 645. The summed E-state index contributed by atoms with van der Waals surface area (Å²) >= 11 is 0. The maximum absolute atomic E-state index is 4.57. The molecule has 1 N–H and O–H groups in total. The lowest BCUT2D eigenvalue weighted by atomic mass is 9.88. The second kappa shape index (κ2) is 9.78. The van der Waals surface area contributed by atoms with Crippen LogP contribution in [0.5, 0.6) is 0 Å². The van der Waals surface area contributed by atoms with Gasteiger partial charge in [0.25, 0.3) is 0 Å². The highest BCUT2D eigenvalue weighted by atomic mass is 127. The molecule has 2 saturated heterocycles. The summed E-state index contributed by atoms with van der Waals surface area (Å²) in [5.41, 5.74) is 1.47. The summed E-state index contributed by atoms with van der Waals surface area (Å²) < 4.78 is 1.90. The molecule has 2 aliphatic rings. The molecule has 3 atom stereocenters. The molecule has 0 aliphatic carbocycles. The van der Waals surface area contributed by atoms with Crippen LogP contribution in [-0.4, -0.2) is 70.9 Å². The maximum atomic E-state index is 4.57. The van der Waals surface area contributed by atoms with Crippen LogP contribution in [0.1, 0.15) is 52.0 Å². The molecule has 3 rings (SSSR count). The number of nitrogens with zero attached hydrogens (tertiary/aromatic N) is 5. The lowest BCUT2D eigenvalue weighted by Gasteiger charge is -2.45. The van der Waals surface area contributed by atoms with Crippen LogP contribution < -0.4 is 5.32 Å². The van der Waals surface area contributed by atoms with Gasteiger partial charge in [0.1, 0.15) is 0 Å². The number of rotatable bonds is 4. The van der Waals surface area contributed by atoms with Crippen LogP contribution in [0.15, 0.2) is 17.4 Å². The molecular weight excluding hydrogens is 463 g/mol. The first-order valence-corrected chi connectivity index (χ1v) is 10.5. The summed E-state index contributed by atoms with van der Waals surface area (Å²) in [6.07, 6.45) is 6.67. The van der Waals surface area contributed by atoms with Crippen molar-refractivity contribution >= 4 is 29.9 Å². The number of halogens is 1. The van der Waals surface area contributed by atoms with E-state index in [-0.39, 0.29) is 29.5 Å². The van der Waals surface area contributed by atoms with E-state index < -0.39 is 0 Å². The summed E-state index contributed by atoms with van der Waals surface area (Å²) in [5, 5.41) is 8.00. The maximum Gasteiger partial charge on any atom is 0.193 e. The van der Waals surface area contributed by atoms with Crippen LogP contribution in [0.2, 0.25) is 0 Å². The quantitative estimate of drug-likeness (QED) is 0.391.